The molecule has 0 spiro atoms. The van der Waals surface area contributed by atoms with Crippen LogP contribution in [0.5, 0.6) is 0 Å². The van der Waals surface area contributed by atoms with Crippen LogP contribution in [0.3, 0.4) is 0 Å². The van der Waals surface area contributed by atoms with Gasteiger partial charge in [0.2, 0.25) is 0 Å². The van der Waals surface area contributed by atoms with Gasteiger partial charge in [0.05, 0.1) is 6.10 Å². The van der Waals surface area contributed by atoms with Crippen LogP contribution in [0.1, 0.15) is 25.7 Å². The first-order chi connectivity index (χ1) is 5.84. The van der Waals surface area contributed by atoms with Crippen LogP contribution in [0.15, 0.2) is 0 Å². The van der Waals surface area contributed by atoms with E-state index in [1.165, 1.54) is 38.8 Å². The molecule has 0 unspecified atom stereocenters. The summed E-state index contributed by atoms with van der Waals surface area (Å²) in [6, 6.07) is 0. The molecule has 0 aromatic carbocycles. The topological polar surface area (TPSA) is 12.5 Å². The normalized spacial score (nSPS) is 27.8. The zero-order chi connectivity index (χ0) is 8.39. The second-order valence-electron chi connectivity index (χ2n) is 4.28. The Labute approximate surface area is 74.9 Å². The van der Waals surface area contributed by atoms with Crippen molar-refractivity contribution in [2.75, 3.05) is 26.7 Å². The largest absolute Gasteiger partial charge is 0.378 e. The Kier molecular flexibility index (Phi) is 2.66. The van der Waals surface area contributed by atoms with Gasteiger partial charge < -0.3 is 9.64 Å². The van der Waals surface area contributed by atoms with E-state index in [2.05, 4.69) is 11.9 Å². The summed E-state index contributed by atoms with van der Waals surface area (Å²) in [4.78, 5) is 2.39. The summed E-state index contributed by atoms with van der Waals surface area (Å²) in [7, 11) is 2.19. The highest BCUT2D eigenvalue weighted by Crippen LogP contribution is 2.29. The molecule has 1 heterocycles. The quantitative estimate of drug-likeness (QED) is 0.635. The Morgan fingerprint density at radius 1 is 1.17 bits per heavy atom. The maximum atomic E-state index is 5.83. The molecular weight excluding hydrogens is 150 g/mol. The van der Waals surface area contributed by atoms with Crippen molar-refractivity contribution in [3.8, 4) is 0 Å². The van der Waals surface area contributed by atoms with E-state index in [0.29, 0.717) is 6.10 Å². The van der Waals surface area contributed by atoms with Gasteiger partial charge in [0.15, 0.2) is 0 Å². The predicted octanol–water partition coefficient (Wildman–Crippen LogP) is 1.51. The van der Waals surface area contributed by atoms with E-state index in [9.17, 15) is 0 Å². The summed E-state index contributed by atoms with van der Waals surface area (Å²) in [5.41, 5.74) is 0. The van der Waals surface area contributed by atoms with Crippen LogP contribution in [0.2, 0.25) is 0 Å². The molecule has 2 fully saturated rings. The lowest BCUT2D eigenvalue weighted by Crippen LogP contribution is -2.34. The van der Waals surface area contributed by atoms with E-state index in [1.807, 2.05) is 0 Å². The van der Waals surface area contributed by atoms with Crippen molar-refractivity contribution in [3.63, 3.8) is 0 Å². The first-order valence-electron chi connectivity index (χ1n) is 5.15. The minimum atomic E-state index is 0.571. The molecule has 70 valence electrons. The molecule has 0 radical (unpaired) electrons. The average molecular weight is 169 g/mol. The summed E-state index contributed by atoms with van der Waals surface area (Å²) in [5.74, 6) is 0.921. The Morgan fingerprint density at radius 3 is 2.42 bits per heavy atom. The Balaban J connectivity index is 1.60. The van der Waals surface area contributed by atoms with Crippen LogP contribution in [0.25, 0.3) is 0 Å². The number of hydrogen-bond acceptors (Lipinski definition) is 2. The maximum Gasteiger partial charge on any atom is 0.0599 e. The monoisotopic (exact) mass is 169 g/mol. The molecule has 0 atom stereocenters. The predicted molar refractivity (Wildman–Crippen MR) is 49.2 cm³/mol. The SMILES string of the molecule is CN1CCC(OCC2CC2)CC1. The average Bonchev–Trinajstić information content (AvgIpc) is 2.87. The summed E-state index contributed by atoms with van der Waals surface area (Å²) >= 11 is 0. The zero-order valence-electron chi connectivity index (χ0n) is 7.96. The van der Waals surface area contributed by atoms with Gasteiger partial charge in [-0.3, -0.25) is 0 Å². The number of rotatable bonds is 3. The highest BCUT2D eigenvalue weighted by atomic mass is 16.5. The van der Waals surface area contributed by atoms with Crippen molar-refractivity contribution in [3.05, 3.63) is 0 Å². The molecule has 1 saturated carbocycles. The molecule has 2 rings (SSSR count). The molecular formula is C10H19NO. The van der Waals surface area contributed by atoms with Gasteiger partial charge in [-0.05, 0) is 38.6 Å². The standard InChI is InChI=1S/C10H19NO/c1-11-6-4-10(5-7-11)12-8-9-2-3-9/h9-10H,2-8H2,1H3. The van der Waals surface area contributed by atoms with Gasteiger partial charge >= 0.3 is 0 Å². The zero-order valence-corrected chi connectivity index (χ0v) is 7.96. The number of nitrogens with zero attached hydrogens (tertiary/aromatic N) is 1. The molecule has 0 bridgehead atoms. The second-order valence-corrected chi connectivity index (χ2v) is 4.28. The van der Waals surface area contributed by atoms with Gasteiger partial charge in [-0.25, -0.2) is 0 Å². The Hall–Kier alpha value is -0.0800. The first-order valence-corrected chi connectivity index (χ1v) is 5.15. The number of hydrogen-bond donors (Lipinski definition) is 0. The highest BCUT2D eigenvalue weighted by Gasteiger charge is 2.24. The molecule has 2 nitrogen and oxygen atoms in total. The van der Waals surface area contributed by atoms with Crippen LogP contribution in [-0.4, -0.2) is 37.7 Å². The molecule has 2 heteroatoms. The molecule has 1 aliphatic heterocycles. The number of likely N-dealkylation sites (tertiary alicyclic amines) is 1. The van der Waals surface area contributed by atoms with Crippen LogP contribution in [-0.2, 0) is 4.74 Å². The molecule has 0 aromatic rings. The van der Waals surface area contributed by atoms with Gasteiger partial charge in [-0.2, -0.15) is 0 Å². The fourth-order valence-electron chi connectivity index (χ4n) is 1.71. The highest BCUT2D eigenvalue weighted by molar-refractivity contribution is 4.75. The van der Waals surface area contributed by atoms with Crippen molar-refractivity contribution in [2.45, 2.75) is 31.8 Å². The van der Waals surface area contributed by atoms with E-state index in [1.54, 1.807) is 0 Å². The summed E-state index contributed by atoms with van der Waals surface area (Å²) in [6.07, 6.45) is 5.87. The van der Waals surface area contributed by atoms with Gasteiger partial charge in [-0.15, -0.1) is 0 Å². The molecule has 2 aliphatic rings. The van der Waals surface area contributed by atoms with Crippen LogP contribution < -0.4 is 0 Å². The summed E-state index contributed by atoms with van der Waals surface area (Å²) < 4.78 is 5.83. The molecule has 1 aliphatic carbocycles. The molecule has 0 amide bonds. The lowest BCUT2D eigenvalue weighted by Gasteiger charge is -2.28. The molecule has 1 saturated heterocycles. The van der Waals surface area contributed by atoms with Crippen LogP contribution in [0, 0.1) is 5.92 Å². The Bertz CT molecular complexity index is 137. The maximum absolute atomic E-state index is 5.83. The summed E-state index contributed by atoms with van der Waals surface area (Å²) in [5, 5.41) is 0. The minimum Gasteiger partial charge on any atom is -0.378 e. The van der Waals surface area contributed by atoms with Gasteiger partial charge in [-0.1, -0.05) is 0 Å². The third kappa shape index (κ3) is 2.46. The van der Waals surface area contributed by atoms with Crippen LogP contribution >= 0.6 is 0 Å². The van der Waals surface area contributed by atoms with Gasteiger partial charge in [0, 0.05) is 19.7 Å². The molecule has 12 heavy (non-hydrogen) atoms. The minimum absolute atomic E-state index is 0.571. The van der Waals surface area contributed by atoms with Crippen molar-refractivity contribution in [2.24, 2.45) is 5.92 Å². The Morgan fingerprint density at radius 2 is 1.83 bits per heavy atom. The van der Waals surface area contributed by atoms with Crippen molar-refractivity contribution in [1.82, 2.24) is 4.90 Å². The van der Waals surface area contributed by atoms with E-state index in [-0.39, 0.29) is 0 Å². The van der Waals surface area contributed by atoms with Crippen molar-refractivity contribution in [1.29, 1.82) is 0 Å². The smallest absolute Gasteiger partial charge is 0.0599 e. The third-order valence-corrected chi connectivity index (χ3v) is 2.93. The van der Waals surface area contributed by atoms with Crippen molar-refractivity contribution >= 4 is 0 Å². The molecule has 0 N–H and O–H groups in total. The lowest BCUT2D eigenvalue weighted by molar-refractivity contribution is 0.00719. The van der Waals surface area contributed by atoms with Gasteiger partial charge in [0.25, 0.3) is 0 Å². The van der Waals surface area contributed by atoms with Crippen LogP contribution in [0.4, 0.5) is 0 Å². The fraction of sp³-hybridized carbons (Fsp3) is 1.00. The summed E-state index contributed by atoms with van der Waals surface area (Å²) in [6.45, 7) is 3.47. The number of piperidine rings is 1. The molecule has 0 aromatic heterocycles. The first kappa shape index (κ1) is 8.52. The fourth-order valence-corrected chi connectivity index (χ4v) is 1.71. The second kappa shape index (κ2) is 3.75. The number of ether oxygens (including phenoxy) is 1. The van der Waals surface area contributed by atoms with E-state index >= 15 is 0 Å². The van der Waals surface area contributed by atoms with Gasteiger partial charge in [0.1, 0.15) is 0 Å². The van der Waals surface area contributed by atoms with E-state index < -0.39 is 0 Å². The van der Waals surface area contributed by atoms with Crippen molar-refractivity contribution < 1.29 is 4.74 Å². The lowest BCUT2D eigenvalue weighted by atomic mass is 10.1. The van der Waals surface area contributed by atoms with E-state index in [4.69, 9.17) is 4.74 Å². The van der Waals surface area contributed by atoms with E-state index in [0.717, 1.165) is 12.5 Å². The third-order valence-electron chi connectivity index (χ3n) is 2.93.